The molecule has 19 heavy (non-hydrogen) atoms. The maximum atomic E-state index is 12.1. The number of methoxy groups -OCH3 is 1. The SMILES string of the molecule is COCCN(CC(=O)O)C(=O)c1cc(O)ccc1O. The van der Waals surface area contributed by atoms with Crippen LogP contribution in [0.4, 0.5) is 0 Å². The predicted octanol–water partition coefficient (Wildman–Crippen LogP) is 0.271. The molecule has 7 nitrogen and oxygen atoms in total. The smallest absolute Gasteiger partial charge is 0.323 e. The second-order valence-electron chi connectivity index (χ2n) is 3.81. The Labute approximate surface area is 109 Å². The molecular formula is C12H15NO6. The van der Waals surface area contributed by atoms with E-state index in [2.05, 4.69) is 0 Å². The summed E-state index contributed by atoms with van der Waals surface area (Å²) >= 11 is 0. The van der Waals surface area contributed by atoms with E-state index in [-0.39, 0.29) is 30.2 Å². The van der Waals surface area contributed by atoms with Gasteiger partial charge >= 0.3 is 5.97 Å². The average Bonchev–Trinajstić information content (AvgIpc) is 2.36. The van der Waals surface area contributed by atoms with Crippen molar-refractivity contribution < 1.29 is 29.6 Å². The summed E-state index contributed by atoms with van der Waals surface area (Å²) in [5, 5.41) is 27.6. The van der Waals surface area contributed by atoms with Gasteiger partial charge in [0.25, 0.3) is 5.91 Å². The molecule has 0 atom stereocenters. The Balaban J connectivity index is 2.97. The van der Waals surface area contributed by atoms with Crippen LogP contribution < -0.4 is 0 Å². The van der Waals surface area contributed by atoms with Crippen LogP contribution in [0.25, 0.3) is 0 Å². The number of nitrogens with zero attached hydrogens (tertiary/aromatic N) is 1. The fourth-order valence-electron chi connectivity index (χ4n) is 1.48. The summed E-state index contributed by atoms with van der Waals surface area (Å²) in [4.78, 5) is 23.8. The minimum absolute atomic E-state index is 0.0662. The normalized spacial score (nSPS) is 10.2. The van der Waals surface area contributed by atoms with Gasteiger partial charge in [-0.1, -0.05) is 0 Å². The van der Waals surface area contributed by atoms with Crippen molar-refractivity contribution in [3.05, 3.63) is 23.8 Å². The number of hydrogen-bond donors (Lipinski definition) is 3. The second-order valence-corrected chi connectivity index (χ2v) is 3.81. The fourth-order valence-corrected chi connectivity index (χ4v) is 1.48. The highest BCUT2D eigenvalue weighted by Crippen LogP contribution is 2.23. The lowest BCUT2D eigenvalue weighted by Gasteiger charge is -2.20. The summed E-state index contributed by atoms with van der Waals surface area (Å²) in [6, 6.07) is 3.47. The number of hydrogen-bond acceptors (Lipinski definition) is 5. The number of carbonyl (C=O) groups is 2. The number of carboxylic acids is 1. The summed E-state index contributed by atoms with van der Waals surface area (Å²) in [6.45, 7) is -0.285. The van der Waals surface area contributed by atoms with Crippen LogP contribution in [-0.4, -0.2) is 58.9 Å². The van der Waals surface area contributed by atoms with Gasteiger partial charge < -0.3 is 25.0 Å². The number of phenolic OH excluding ortho intramolecular Hbond substituents is 2. The van der Waals surface area contributed by atoms with E-state index in [4.69, 9.17) is 9.84 Å². The van der Waals surface area contributed by atoms with Gasteiger partial charge in [-0.25, -0.2) is 0 Å². The Morgan fingerprint density at radius 1 is 1.32 bits per heavy atom. The van der Waals surface area contributed by atoms with Gasteiger partial charge in [0.05, 0.1) is 12.2 Å². The topological polar surface area (TPSA) is 107 Å². The minimum atomic E-state index is -1.18. The van der Waals surface area contributed by atoms with Crippen molar-refractivity contribution in [1.82, 2.24) is 4.90 Å². The number of ether oxygens (including phenoxy) is 1. The molecule has 0 radical (unpaired) electrons. The molecule has 0 aliphatic carbocycles. The van der Waals surface area contributed by atoms with E-state index in [1.165, 1.54) is 13.2 Å². The van der Waals surface area contributed by atoms with E-state index < -0.39 is 18.4 Å². The molecule has 0 saturated heterocycles. The van der Waals surface area contributed by atoms with Crippen molar-refractivity contribution in [2.75, 3.05) is 26.8 Å². The number of aromatic hydroxyl groups is 2. The first-order valence-electron chi connectivity index (χ1n) is 5.47. The summed E-state index contributed by atoms with van der Waals surface area (Å²) in [5.74, 6) is -2.38. The zero-order chi connectivity index (χ0) is 14.4. The molecule has 0 aliphatic rings. The number of phenols is 2. The maximum absolute atomic E-state index is 12.1. The molecule has 0 heterocycles. The fraction of sp³-hybridized carbons (Fsp3) is 0.333. The van der Waals surface area contributed by atoms with Crippen LogP contribution in [0.3, 0.4) is 0 Å². The van der Waals surface area contributed by atoms with Gasteiger partial charge in [-0.2, -0.15) is 0 Å². The second kappa shape index (κ2) is 6.60. The summed E-state index contributed by atoms with van der Waals surface area (Å²) in [7, 11) is 1.43. The highest BCUT2D eigenvalue weighted by molar-refractivity contribution is 5.98. The van der Waals surface area contributed by atoms with Gasteiger partial charge in [0, 0.05) is 13.7 Å². The van der Waals surface area contributed by atoms with Gasteiger partial charge in [0.15, 0.2) is 0 Å². The van der Waals surface area contributed by atoms with Crippen LogP contribution in [0.1, 0.15) is 10.4 Å². The van der Waals surface area contributed by atoms with E-state index in [0.29, 0.717) is 0 Å². The van der Waals surface area contributed by atoms with E-state index in [0.717, 1.165) is 17.0 Å². The summed E-state index contributed by atoms with van der Waals surface area (Å²) in [5.41, 5.74) is -0.155. The van der Waals surface area contributed by atoms with Crippen LogP contribution in [0.2, 0.25) is 0 Å². The molecule has 1 aromatic carbocycles. The molecule has 0 aromatic heterocycles. The highest BCUT2D eigenvalue weighted by Gasteiger charge is 2.21. The number of carbonyl (C=O) groups excluding carboxylic acids is 1. The highest BCUT2D eigenvalue weighted by atomic mass is 16.5. The van der Waals surface area contributed by atoms with E-state index in [1.807, 2.05) is 0 Å². The maximum Gasteiger partial charge on any atom is 0.323 e. The zero-order valence-corrected chi connectivity index (χ0v) is 10.4. The lowest BCUT2D eigenvalue weighted by atomic mass is 10.1. The molecule has 1 aromatic rings. The van der Waals surface area contributed by atoms with Crippen LogP contribution in [0.15, 0.2) is 18.2 Å². The van der Waals surface area contributed by atoms with E-state index >= 15 is 0 Å². The third-order valence-electron chi connectivity index (χ3n) is 2.39. The predicted molar refractivity (Wildman–Crippen MR) is 65.2 cm³/mol. The van der Waals surface area contributed by atoms with Crippen LogP contribution >= 0.6 is 0 Å². The van der Waals surface area contributed by atoms with Crippen molar-refractivity contribution in [1.29, 1.82) is 0 Å². The lowest BCUT2D eigenvalue weighted by Crippen LogP contribution is -2.38. The molecular weight excluding hydrogens is 254 g/mol. The molecule has 104 valence electrons. The first-order chi connectivity index (χ1) is 8.95. The van der Waals surface area contributed by atoms with Gasteiger partial charge in [-0.3, -0.25) is 9.59 Å². The molecule has 0 fully saturated rings. The molecule has 0 aliphatic heterocycles. The van der Waals surface area contributed by atoms with Crippen molar-refractivity contribution in [2.24, 2.45) is 0 Å². The number of carboxylic acid groups (broad SMARTS) is 1. The van der Waals surface area contributed by atoms with Crippen molar-refractivity contribution >= 4 is 11.9 Å². The Kier molecular flexibility index (Phi) is 5.13. The Morgan fingerprint density at radius 3 is 2.58 bits per heavy atom. The Hall–Kier alpha value is -2.28. The standard InChI is InChI=1S/C12H15NO6/c1-19-5-4-13(7-11(16)17)12(18)9-6-8(14)2-3-10(9)15/h2-3,6,14-15H,4-5,7H2,1H3,(H,16,17). The number of aliphatic carboxylic acids is 1. The third kappa shape index (κ3) is 4.14. The molecule has 0 spiro atoms. The molecule has 0 bridgehead atoms. The van der Waals surface area contributed by atoms with E-state index in [9.17, 15) is 19.8 Å². The Bertz CT molecular complexity index is 473. The van der Waals surface area contributed by atoms with Gasteiger partial charge in [-0.15, -0.1) is 0 Å². The summed E-state index contributed by atoms with van der Waals surface area (Å²) < 4.78 is 4.80. The molecule has 3 N–H and O–H groups in total. The van der Waals surface area contributed by atoms with Gasteiger partial charge in [-0.05, 0) is 18.2 Å². The van der Waals surface area contributed by atoms with Crippen molar-refractivity contribution in [3.63, 3.8) is 0 Å². The van der Waals surface area contributed by atoms with Gasteiger partial charge in [0.1, 0.15) is 18.0 Å². The minimum Gasteiger partial charge on any atom is -0.508 e. The molecule has 1 amide bonds. The van der Waals surface area contributed by atoms with Crippen LogP contribution in [-0.2, 0) is 9.53 Å². The molecule has 0 unspecified atom stereocenters. The lowest BCUT2D eigenvalue weighted by molar-refractivity contribution is -0.137. The third-order valence-corrected chi connectivity index (χ3v) is 2.39. The number of amides is 1. The van der Waals surface area contributed by atoms with Crippen molar-refractivity contribution in [3.8, 4) is 11.5 Å². The van der Waals surface area contributed by atoms with Crippen LogP contribution in [0.5, 0.6) is 11.5 Å². The number of benzene rings is 1. The number of rotatable bonds is 6. The van der Waals surface area contributed by atoms with Crippen molar-refractivity contribution in [2.45, 2.75) is 0 Å². The molecule has 7 heteroatoms. The quantitative estimate of drug-likeness (QED) is 0.640. The average molecular weight is 269 g/mol. The Morgan fingerprint density at radius 2 is 2.00 bits per heavy atom. The van der Waals surface area contributed by atoms with E-state index in [1.54, 1.807) is 0 Å². The molecule has 1 rings (SSSR count). The van der Waals surface area contributed by atoms with Crippen LogP contribution in [0, 0.1) is 0 Å². The largest absolute Gasteiger partial charge is 0.508 e. The first kappa shape index (κ1) is 14.8. The summed E-state index contributed by atoms with van der Waals surface area (Å²) in [6.07, 6.45) is 0. The molecule has 0 saturated carbocycles. The zero-order valence-electron chi connectivity index (χ0n) is 10.4. The first-order valence-corrected chi connectivity index (χ1v) is 5.47. The monoisotopic (exact) mass is 269 g/mol. The van der Waals surface area contributed by atoms with Gasteiger partial charge in [0.2, 0.25) is 0 Å².